The summed E-state index contributed by atoms with van der Waals surface area (Å²) >= 11 is 0. The van der Waals surface area contributed by atoms with Gasteiger partial charge in [0, 0.05) is 28.4 Å². The van der Waals surface area contributed by atoms with Gasteiger partial charge in [-0.15, -0.1) is 0 Å². The van der Waals surface area contributed by atoms with Crippen molar-refractivity contribution in [3.8, 4) is 0 Å². The molecule has 5 aliphatic rings. The van der Waals surface area contributed by atoms with E-state index in [1.165, 1.54) is 5.57 Å². The molecule has 5 aliphatic carbocycles. The number of ether oxygens (including phenoxy) is 1. The summed E-state index contributed by atoms with van der Waals surface area (Å²) in [7, 11) is 0. The monoisotopic (exact) mass is 674 g/mol. The molecule has 0 unspecified atom stereocenters. The van der Waals surface area contributed by atoms with Crippen LogP contribution in [0.5, 0.6) is 0 Å². The Morgan fingerprint density at radius 3 is 2.09 bits per heavy atom. The normalized spacial score (nSPS) is 43.4. The van der Waals surface area contributed by atoms with E-state index in [0.29, 0.717) is 19.3 Å². The van der Waals surface area contributed by atoms with E-state index in [1.807, 2.05) is 13.0 Å². The fraction of sp³-hybridized carbons (Fsp3) is 0.824. The Hall–Kier alpha value is 0.339. The van der Waals surface area contributed by atoms with Crippen LogP contribution < -0.4 is 59.1 Å². The van der Waals surface area contributed by atoms with Crippen LogP contribution in [0.1, 0.15) is 122 Å². The molecule has 0 aromatic carbocycles. The molecule has 10 heteroatoms. The second-order valence-electron chi connectivity index (χ2n) is 16.3. The molecule has 0 spiro atoms. The summed E-state index contributed by atoms with van der Waals surface area (Å²) < 4.78 is 5.91. The molecule has 0 bridgehead atoms. The predicted molar refractivity (Wildman–Crippen MR) is 156 cm³/mol. The number of hydrogen-bond donors (Lipinski definition) is 2. The summed E-state index contributed by atoms with van der Waals surface area (Å²) in [4.78, 5) is 50.3. The van der Waals surface area contributed by atoms with E-state index in [4.69, 9.17) is 9.84 Å². The van der Waals surface area contributed by atoms with E-state index in [2.05, 4.69) is 41.5 Å². The molecular weight excluding hydrogens is 622 g/mol. The van der Waals surface area contributed by atoms with Gasteiger partial charge in [-0.1, -0.05) is 47.1 Å². The standard InChI is InChI=1S/C34H50O7.Fe.2Na.2H/c1-29(2)23-10-13-34(7)27(32(23,5)12-11-24(29)41-26(38)9-8-25(36)37)22(35)18-20-21-19-31(4,28(39)40)15-14-30(21,3)16-17-33(20,34)6;;;;;/h18,21,23-24,27H,8-17,19H2,1-7H3,(H,36,37)(H,39,40);;;;;/q;;2*+1;2*-1/t21-,23-,24-,27+,30+,31-,32-,33+,34+;;;;;/m0...../s1. The molecule has 0 aliphatic heterocycles. The van der Waals surface area contributed by atoms with E-state index in [0.717, 1.165) is 38.5 Å². The molecule has 0 aromatic rings. The average molecular weight is 675 g/mol. The third-order valence-corrected chi connectivity index (χ3v) is 13.8. The van der Waals surface area contributed by atoms with Gasteiger partial charge in [-0.05, 0) is 104 Å². The van der Waals surface area contributed by atoms with Gasteiger partial charge in [0.15, 0.2) is 5.78 Å². The van der Waals surface area contributed by atoms with Crippen LogP contribution in [-0.2, 0) is 41.0 Å². The Morgan fingerprint density at radius 1 is 0.886 bits per heavy atom. The summed E-state index contributed by atoms with van der Waals surface area (Å²) in [5.74, 6) is -1.87. The minimum atomic E-state index is -1.01. The number of hydrogen-bond acceptors (Lipinski definition) is 5. The summed E-state index contributed by atoms with van der Waals surface area (Å²) in [5.41, 5.74) is -0.553. The second-order valence-corrected chi connectivity index (χ2v) is 16.3. The van der Waals surface area contributed by atoms with Crippen molar-refractivity contribution in [1.82, 2.24) is 0 Å². The van der Waals surface area contributed by atoms with Crippen LogP contribution in [0.3, 0.4) is 0 Å². The Kier molecular flexibility index (Phi) is 12.3. The topological polar surface area (TPSA) is 118 Å². The van der Waals surface area contributed by atoms with Crippen molar-refractivity contribution in [2.45, 2.75) is 125 Å². The maximum atomic E-state index is 14.5. The predicted octanol–water partition coefficient (Wildman–Crippen LogP) is 1.06. The first-order chi connectivity index (χ1) is 18.8. The summed E-state index contributed by atoms with van der Waals surface area (Å²) in [5, 5.41) is 19.1. The Labute approximate surface area is 321 Å². The van der Waals surface area contributed by atoms with Crippen molar-refractivity contribution in [2.24, 2.45) is 50.2 Å². The minimum absolute atomic E-state index is 0. The van der Waals surface area contributed by atoms with Crippen LogP contribution in [0, 0.1) is 50.2 Å². The van der Waals surface area contributed by atoms with E-state index in [1.54, 1.807) is 0 Å². The molecule has 9 atom stereocenters. The first-order valence-electron chi connectivity index (χ1n) is 15.7. The molecule has 240 valence electrons. The molecule has 0 aromatic heterocycles. The minimum Gasteiger partial charge on any atom is -1.00 e. The van der Waals surface area contributed by atoms with Crippen molar-refractivity contribution in [1.29, 1.82) is 0 Å². The number of aliphatic carboxylic acids is 2. The largest absolute Gasteiger partial charge is 1.00 e. The molecule has 5 rings (SSSR count). The summed E-state index contributed by atoms with van der Waals surface area (Å²) in [6.07, 6.45) is 8.80. The van der Waals surface area contributed by atoms with Crippen LogP contribution in [0.25, 0.3) is 0 Å². The van der Waals surface area contributed by atoms with Crippen LogP contribution >= 0.6 is 0 Å². The van der Waals surface area contributed by atoms with Crippen molar-refractivity contribution in [2.75, 3.05) is 0 Å². The smallest absolute Gasteiger partial charge is 1.00 e. The Morgan fingerprint density at radius 2 is 1.50 bits per heavy atom. The zero-order chi connectivity index (χ0) is 30.4. The first kappa shape index (κ1) is 40.5. The Bertz CT molecular complexity index is 1230. The zero-order valence-corrected chi connectivity index (χ0v) is 33.6. The van der Waals surface area contributed by atoms with E-state index < -0.39 is 23.3 Å². The number of rotatable bonds is 5. The van der Waals surface area contributed by atoms with Crippen LogP contribution in [0.2, 0.25) is 0 Å². The summed E-state index contributed by atoms with van der Waals surface area (Å²) in [6, 6.07) is 0. The number of esters is 1. The van der Waals surface area contributed by atoms with Crippen LogP contribution in [0.4, 0.5) is 0 Å². The molecule has 4 saturated carbocycles. The molecule has 44 heavy (non-hydrogen) atoms. The third-order valence-electron chi connectivity index (χ3n) is 13.8. The van der Waals surface area contributed by atoms with Crippen LogP contribution in [0.15, 0.2) is 11.6 Å². The van der Waals surface area contributed by atoms with Crippen molar-refractivity contribution < 1.29 is 113 Å². The van der Waals surface area contributed by atoms with Gasteiger partial charge >= 0.3 is 77.0 Å². The molecular formula is C34H52FeNa2O7. The van der Waals surface area contributed by atoms with Gasteiger partial charge < -0.3 is 17.8 Å². The van der Waals surface area contributed by atoms with E-state index in [9.17, 15) is 24.3 Å². The van der Waals surface area contributed by atoms with Gasteiger partial charge in [-0.2, -0.15) is 0 Å². The molecule has 0 radical (unpaired) electrons. The molecule has 2 N–H and O–H groups in total. The number of ketones is 1. The van der Waals surface area contributed by atoms with Gasteiger partial charge in [-0.25, -0.2) is 0 Å². The summed E-state index contributed by atoms with van der Waals surface area (Å²) in [6.45, 7) is 15.5. The number of carbonyl (C=O) groups is 4. The molecule has 0 saturated heterocycles. The average Bonchev–Trinajstić information content (AvgIpc) is 2.86. The fourth-order valence-electron chi connectivity index (χ4n) is 11.0. The van der Waals surface area contributed by atoms with Crippen LogP contribution in [-0.4, -0.2) is 40.0 Å². The number of carboxylic acid groups (broad SMARTS) is 2. The quantitative estimate of drug-likeness (QED) is 0.331. The number of fused-ring (bicyclic) bond motifs is 7. The number of carbonyl (C=O) groups excluding carboxylic acids is 2. The van der Waals surface area contributed by atoms with Gasteiger partial charge in [-0.3, -0.25) is 19.2 Å². The molecule has 4 fully saturated rings. The third kappa shape index (κ3) is 6.05. The van der Waals surface area contributed by atoms with Crippen molar-refractivity contribution in [3.05, 3.63) is 11.6 Å². The van der Waals surface area contributed by atoms with Gasteiger partial charge in [0.2, 0.25) is 0 Å². The maximum absolute atomic E-state index is 14.5. The maximum Gasteiger partial charge on any atom is 1.00 e. The number of allylic oxidation sites excluding steroid dienone is 2. The Balaban J connectivity index is 0.00000405. The van der Waals surface area contributed by atoms with E-state index >= 15 is 0 Å². The molecule has 7 nitrogen and oxygen atoms in total. The van der Waals surface area contributed by atoms with Crippen molar-refractivity contribution in [3.63, 3.8) is 0 Å². The van der Waals surface area contributed by atoms with E-state index in [-0.39, 0.29) is 149 Å². The fourth-order valence-corrected chi connectivity index (χ4v) is 11.0. The SMILES string of the molecule is CC1(C)[C@@H](OC(=O)CCC(=O)O)CC[C@]2(C)[C@H]3C(=O)C=C4[C@@H]5C[C@@](C)(C(=O)O)CC[C@]5(C)CC[C@@]4(C)[C@]3(C)CC[C@@H]12.[Fe].[H-].[H-].[Na+].[Na+]. The molecule has 0 heterocycles. The zero-order valence-electron chi connectivity index (χ0n) is 30.5. The second kappa shape index (κ2) is 13.3. The first-order valence-corrected chi connectivity index (χ1v) is 15.7. The van der Waals surface area contributed by atoms with Gasteiger partial charge in [0.1, 0.15) is 6.10 Å². The van der Waals surface area contributed by atoms with Gasteiger partial charge in [0.25, 0.3) is 0 Å². The van der Waals surface area contributed by atoms with Crippen molar-refractivity contribution >= 4 is 23.7 Å². The number of carboxylic acids is 2. The van der Waals surface area contributed by atoms with Gasteiger partial charge in [0.05, 0.1) is 18.3 Å². The molecule has 0 amide bonds.